The van der Waals surface area contributed by atoms with E-state index >= 15 is 0 Å². The lowest BCUT2D eigenvalue weighted by Gasteiger charge is -2.09. The molecule has 1 unspecified atom stereocenters. The van der Waals surface area contributed by atoms with E-state index in [0.717, 1.165) is 11.3 Å². The van der Waals surface area contributed by atoms with E-state index < -0.39 is 0 Å². The van der Waals surface area contributed by atoms with Gasteiger partial charge in [0.25, 0.3) is 0 Å². The number of ether oxygens (including phenoxy) is 1. The number of hydrogen-bond acceptors (Lipinski definition) is 3. The molecule has 0 bridgehead atoms. The van der Waals surface area contributed by atoms with Gasteiger partial charge in [0.05, 0.1) is 12.7 Å². The highest BCUT2D eigenvalue weighted by molar-refractivity contribution is 5.32. The van der Waals surface area contributed by atoms with Crippen LogP contribution in [0.3, 0.4) is 0 Å². The van der Waals surface area contributed by atoms with E-state index in [4.69, 9.17) is 10.00 Å². The summed E-state index contributed by atoms with van der Waals surface area (Å²) in [6, 6.07) is 9.47. The molecule has 0 aliphatic carbocycles. The molecule has 1 atom stereocenters. The Bertz CT molecular complexity index is 330. The number of benzene rings is 1. The van der Waals surface area contributed by atoms with Gasteiger partial charge < -0.3 is 10.1 Å². The van der Waals surface area contributed by atoms with Crippen molar-refractivity contribution in [2.75, 3.05) is 13.7 Å². The Morgan fingerprint density at radius 1 is 1.57 bits per heavy atom. The van der Waals surface area contributed by atoms with Gasteiger partial charge in [-0.2, -0.15) is 5.26 Å². The highest BCUT2D eigenvalue weighted by atomic mass is 16.5. The van der Waals surface area contributed by atoms with Crippen molar-refractivity contribution in [3.8, 4) is 11.8 Å². The first-order valence-electron chi connectivity index (χ1n) is 4.61. The maximum absolute atomic E-state index is 8.85. The molecule has 74 valence electrons. The largest absolute Gasteiger partial charge is 0.494 e. The third-order valence-corrected chi connectivity index (χ3v) is 1.92. The number of hydrogen-bond donors (Lipinski definition) is 1. The van der Waals surface area contributed by atoms with Crippen LogP contribution in [-0.4, -0.2) is 13.7 Å². The van der Waals surface area contributed by atoms with Gasteiger partial charge in [-0.15, -0.1) is 0 Å². The smallest absolute Gasteiger partial charge is 0.121 e. The summed E-state index contributed by atoms with van der Waals surface area (Å²) >= 11 is 0. The topological polar surface area (TPSA) is 45.0 Å². The van der Waals surface area contributed by atoms with E-state index in [9.17, 15) is 0 Å². The summed E-state index contributed by atoms with van der Waals surface area (Å²) in [5.74, 6) is 0.806. The molecule has 0 aromatic heterocycles. The molecule has 1 aromatic rings. The summed E-state index contributed by atoms with van der Waals surface area (Å²) in [6.45, 7) is 2.58. The molecular weight excluding hydrogens is 176 g/mol. The minimum atomic E-state index is -0.268. The van der Waals surface area contributed by atoms with E-state index in [1.54, 1.807) is 7.05 Å². The normalized spacial score (nSPS) is 11.8. The first kappa shape index (κ1) is 10.6. The number of rotatable bonds is 4. The van der Waals surface area contributed by atoms with Crippen LogP contribution < -0.4 is 10.1 Å². The van der Waals surface area contributed by atoms with E-state index in [0.29, 0.717) is 6.61 Å². The molecule has 0 amide bonds. The standard InChI is InChI=1S/C11H14N2O/c1-3-14-10-6-4-5-9(7-10)11(8-12)13-2/h4-7,11,13H,3H2,1-2H3. The molecule has 0 saturated heterocycles. The molecule has 0 heterocycles. The van der Waals surface area contributed by atoms with Crippen LogP contribution in [0, 0.1) is 11.3 Å². The fourth-order valence-electron chi connectivity index (χ4n) is 1.26. The number of nitriles is 1. The van der Waals surface area contributed by atoms with Gasteiger partial charge in [-0.1, -0.05) is 12.1 Å². The van der Waals surface area contributed by atoms with Crippen molar-refractivity contribution in [3.05, 3.63) is 29.8 Å². The van der Waals surface area contributed by atoms with E-state index in [1.807, 2.05) is 31.2 Å². The van der Waals surface area contributed by atoms with Crippen LogP contribution in [-0.2, 0) is 0 Å². The first-order valence-corrected chi connectivity index (χ1v) is 4.61. The van der Waals surface area contributed by atoms with Crippen molar-refractivity contribution >= 4 is 0 Å². The Kier molecular flexibility index (Phi) is 3.96. The predicted octanol–water partition coefficient (Wildman–Crippen LogP) is 1.87. The minimum absolute atomic E-state index is 0.268. The second-order valence-corrected chi connectivity index (χ2v) is 2.86. The number of nitrogens with zero attached hydrogens (tertiary/aromatic N) is 1. The monoisotopic (exact) mass is 190 g/mol. The van der Waals surface area contributed by atoms with Gasteiger partial charge in [-0.25, -0.2) is 0 Å². The van der Waals surface area contributed by atoms with Gasteiger partial charge in [0.2, 0.25) is 0 Å². The zero-order valence-corrected chi connectivity index (χ0v) is 8.45. The maximum atomic E-state index is 8.85. The predicted molar refractivity (Wildman–Crippen MR) is 55.0 cm³/mol. The summed E-state index contributed by atoms with van der Waals surface area (Å²) in [5.41, 5.74) is 0.931. The Morgan fingerprint density at radius 3 is 2.93 bits per heavy atom. The Hall–Kier alpha value is -1.53. The highest BCUT2D eigenvalue weighted by Gasteiger charge is 2.07. The lowest BCUT2D eigenvalue weighted by molar-refractivity contribution is 0.339. The van der Waals surface area contributed by atoms with Crippen molar-refractivity contribution in [3.63, 3.8) is 0 Å². The first-order chi connectivity index (χ1) is 6.81. The average molecular weight is 190 g/mol. The third kappa shape index (κ3) is 2.48. The molecule has 0 spiro atoms. The molecule has 0 aliphatic rings. The van der Waals surface area contributed by atoms with Crippen LogP contribution in [0.5, 0.6) is 5.75 Å². The van der Waals surface area contributed by atoms with Gasteiger partial charge in [-0.05, 0) is 31.7 Å². The third-order valence-electron chi connectivity index (χ3n) is 1.92. The zero-order chi connectivity index (χ0) is 10.4. The van der Waals surface area contributed by atoms with Crippen molar-refractivity contribution < 1.29 is 4.74 Å². The summed E-state index contributed by atoms with van der Waals surface area (Å²) in [4.78, 5) is 0. The lowest BCUT2D eigenvalue weighted by Crippen LogP contribution is -2.14. The van der Waals surface area contributed by atoms with E-state index in [1.165, 1.54) is 0 Å². The van der Waals surface area contributed by atoms with Crippen molar-refractivity contribution in [2.45, 2.75) is 13.0 Å². The summed E-state index contributed by atoms with van der Waals surface area (Å²) in [7, 11) is 1.77. The molecule has 0 radical (unpaired) electrons. The van der Waals surface area contributed by atoms with Crippen LogP contribution in [0.1, 0.15) is 18.5 Å². The van der Waals surface area contributed by atoms with Gasteiger partial charge in [0.15, 0.2) is 0 Å². The molecular formula is C11H14N2O. The van der Waals surface area contributed by atoms with Crippen molar-refractivity contribution in [1.82, 2.24) is 5.32 Å². The van der Waals surface area contributed by atoms with Gasteiger partial charge in [0.1, 0.15) is 11.8 Å². The fourth-order valence-corrected chi connectivity index (χ4v) is 1.26. The lowest BCUT2D eigenvalue weighted by atomic mass is 10.1. The summed E-state index contributed by atoms with van der Waals surface area (Å²) in [5, 5.41) is 11.8. The molecule has 1 N–H and O–H groups in total. The molecule has 0 saturated carbocycles. The zero-order valence-electron chi connectivity index (χ0n) is 8.45. The molecule has 0 aliphatic heterocycles. The SMILES string of the molecule is CCOc1cccc(C(C#N)NC)c1. The second-order valence-electron chi connectivity index (χ2n) is 2.86. The van der Waals surface area contributed by atoms with Crippen molar-refractivity contribution in [1.29, 1.82) is 5.26 Å². The van der Waals surface area contributed by atoms with Gasteiger partial charge in [0, 0.05) is 0 Å². The highest BCUT2D eigenvalue weighted by Crippen LogP contribution is 2.18. The maximum Gasteiger partial charge on any atom is 0.121 e. The molecule has 14 heavy (non-hydrogen) atoms. The fraction of sp³-hybridized carbons (Fsp3) is 0.364. The summed E-state index contributed by atoms with van der Waals surface area (Å²) < 4.78 is 5.35. The molecule has 0 fully saturated rings. The molecule has 1 rings (SSSR count). The van der Waals surface area contributed by atoms with Crippen LogP contribution in [0.4, 0.5) is 0 Å². The second kappa shape index (κ2) is 5.25. The summed E-state index contributed by atoms with van der Waals surface area (Å²) in [6.07, 6.45) is 0. The Balaban J connectivity index is 2.88. The molecule has 3 nitrogen and oxygen atoms in total. The van der Waals surface area contributed by atoms with Crippen LogP contribution in [0.25, 0.3) is 0 Å². The van der Waals surface area contributed by atoms with E-state index in [-0.39, 0.29) is 6.04 Å². The van der Waals surface area contributed by atoms with Gasteiger partial charge in [-0.3, -0.25) is 0 Å². The quantitative estimate of drug-likeness (QED) is 0.788. The minimum Gasteiger partial charge on any atom is -0.494 e. The van der Waals surface area contributed by atoms with Crippen molar-refractivity contribution in [2.24, 2.45) is 0 Å². The van der Waals surface area contributed by atoms with Crippen LogP contribution in [0.2, 0.25) is 0 Å². The van der Waals surface area contributed by atoms with E-state index in [2.05, 4.69) is 11.4 Å². The average Bonchev–Trinajstić information content (AvgIpc) is 2.21. The van der Waals surface area contributed by atoms with Gasteiger partial charge >= 0.3 is 0 Å². The van der Waals surface area contributed by atoms with Crippen LogP contribution >= 0.6 is 0 Å². The molecule has 3 heteroatoms. The number of nitrogens with one attached hydrogen (secondary N) is 1. The Morgan fingerprint density at radius 2 is 2.36 bits per heavy atom. The van der Waals surface area contributed by atoms with Crippen LogP contribution in [0.15, 0.2) is 24.3 Å². The Labute approximate surface area is 84.3 Å². The molecule has 1 aromatic carbocycles.